The summed E-state index contributed by atoms with van der Waals surface area (Å²) in [5, 5.41) is 2.56. The van der Waals surface area contributed by atoms with Gasteiger partial charge in [0.05, 0.1) is 11.0 Å². The number of rotatable bonds is 9. The molecule has 9 heteroatoms. The van der Waals surface area contributed by atoms with Crippen molar-refractivity contribution < 1.29 is 14.4 Å². The molecule has 0 aliphatic rings. The molecular formula is C13H25N3O3S3. The van der Waals surface area contributed by atoms with Crippen LogP contribution in [0.1, 0.15) is 27.2 Å². The lowest BCUT2D eigenvalue weighted by Gasteiger charge is -2.34. The lowest BCUT2D eigenvalue weighted by Crippen LogP contribution is -2.60. The van der Waals surface area contributed by atoms with E-state index >= 15 is 0 Å². The van der Waals surface area contributed by atoms with Crippen molar-refractivity contribution in [3.05, 3.63) is 0 Å². The first-order valence-electron chi connectivity index (χ1n) is 6.66. The van der Waals surface area contributed by atoms with E-state index in [-0.39, 0.29) is 29.5 Å². The van der Waals surface area contributed by atoms with Crippen LogP contribution in [-0.2, 0) is 14.4 Å². The quantitative estimate of drug-likeness (QED) is 0.317. The van der Waals surface area contributed by atoms with Crippen molar-refractivity contribution in [1.82, 2.24) is 5.32 Å². The third-order valence-electron chi connectivity index (χ3n) is 3.66. The van der Waals surface area contributed by atoms with Crippen LogP contribution in [-0.4, -0.2) is 45.9 Å². The number of carbonyl (C=O) groups is 3. The minimum atomic E-state index is -1.30. The topological polar surface area (TPSA) is 115 Å². The number of primary amides is 1. The normalized spacial score (nSPS) is 19.4. The molecule has 0 fully saturated rings. The molecule has 0 saturated carbocycles. The van der Waals surface area contributed by atoms with Crippen LogP contribution in [0, 0.1) is 5.41 Å². The van der Waals surface area contributed by atoms with Gasteiger partial charge in [0.25, 0.3) is 0 Å². The zero-order chi connectivity index (χ0) is 17.8. The molecule has 6 nitrogen and oxygen atoms in total. The van der Waals surface area contributed by atoms with E-state index < -0.39 is 28.3 Å². The van der Waals surface area contributed by atoms with Gasteiger partial charge < -0.3 is 16.8 Å². The first-order valence-corrected chi connectivity index (χ1v) is 8.55. The summed E-state index contributed by atoms with van der Waals surface area (Å²) >= 11 is 12.2. The van der Waals surface area contributed by atoms with E-state index in [1.165, 1.54) is 6.92 Å². The zero-order valence-electron chi connectivity index (χ0n) is 13.0. The zero-order valence-corrected chi connectivity index (χ0v) is 15.7. The number of nitrogens with one attached hydrogen (secondary N) is 1. The highest BCUT2D eigenvalue weighted by molar-refractivity contribution is 7.80. The third kappa shape index (κ3) is 5.07. The number of hydrogen-bond acceptors (Lipinski definition) is 7. The van der Waals surface area contributed by atoms with Gasteiger partial charge in [-0.3, -0.25) is 14.4 Å². The van der Waals surface area contributed by atoms with Crippen molar-refractivity contribution >= 4 is 55.5 Å². The van der Waals surface area contributed by atoms with E-state index in [0.717, 1.165) is 0 Å². The molecular weight excluding hydrogens is 342 g/mol. The maximum absolute atomic E-state index is 12.5. The second kappa shape index (κ2) is 7.94. The first kappa shape index (κ1) is 21.6. The highest BCUT2D eigenvalue weighted by atomic mass is 32.1. The number of Topliss-reactive ketones (excluding diaryl/α,β-unsaturated/α-hetero) is 1. The summed E-state index contributed by atoms with van der Waals surface area (Å²) in [5.74, 6) is -1.21. The van der Waals surface area contributed by atoms with Gasteiger partial charge >= 0.3 is 0 Å². The molecule has 0 heterocycles. The maximum Gasteiger partial charge on any atom is 0.243 e. The number of ketones is 1. The smallest absolute Gasteiger partial charge is 0.243 e. The summed E-state index contributed by atoms with van der Waals surface area (Å²) in [6.07, 6.45) is -0.114. The molecule has 3 atom stereocenters. The van der Waals surface area contributed by atoms with Gasteiger partial charge in [0, 0.05) is 23.7 Å². The Morgan fingerprint density at radius 1 is 1.00 bits per heavy atom. The van der Waals surface area contributed by atoms with E-state index in [9.17, 15) is 14.4 Å². The molecule has 22 heavy (non-hydrogen) atoms. The standard InChI is InChI=1S/C13H25N3O3S3/c1-11(5-20,4-8(17)12(2,15)6-21)10(19)16-13(3,7-22)9(14)18/h20-22H,4-7,15H2,1-3H3,(H2,14,18)(H,16,19)/t11-,12-,13-/m0/s1. The van der Waals surface area contributed by atoms with Gasteiger partial charge in [-0.2, -0.15) is 37.9 Å². The molecule has 2 amide bonds. The Bertz CT molecular complexity index is 459. The molecule has 0 spiro atoms. The lowest BCUT2D eigenvalue weighted by molar-refractivity contribution is -0.138. The molecule has 0 saturated heterocycles. The van der Waals surface area contributed by atoms with Crippen molar-refractivity contribution in [3.8, 4) is 0 Å². The molecule has 0 aromatic rings. The maximum atomic E-state index is 12.5. The Kier molecular flexibility index (Phi) is 7.80. The fourth-order valence-electron chi connectivity index (χ4n) is 1.43. The fraction of sp³-hybridized carbons (Fsp3) is 0.769. The van der Waals surface area contributed by atoms with Crippen molar-refractivity contribution in [1.29, 1.82) is 0 Å². The minimum Gasteiger partial charge on any atom is -0.368 e. The van der Waals surface area contributed by atoms with Gasteiger partial charge in [0.1, 0.15) is 5.54 Å². The monoisotopic (exact) mass is 367 g/mol. The van der Waals surface area contributed by atoms with Crippen LogP contribution in [0.3, 0.4) is 0 Å². The summed E-state index contributed by atoms with van der Waals surface area (Å²) in [6, 6.07) is 0. The molecule has 0 aromatic carbocycles. The fourth-order valence-corrected chi connectivity index (χ4v) is 2.10. The van der Waals surface area contributed by atoms with Crippen LogP contribution in [0.25, 0.3) is 0 Å². The van der Waals surface area contributed by atoms with Crippen LogP contribution in [0.5, 0.6) is 0 Å². The summed E-state index contributed by atoms with van der Waals surface area (Å²) in [7, 11) is 0. The average molecular weight is 368 g/mol. The molecule has 0 rings (SSSR count). The number of thiol groups is 3. The van der Waals surface area contributed by atoms with Gasteiger partial charge in [-0.25, -0.2) is 0 Å². The Balaban J connectivity index is 5.27. The molecule has 5 N–H and O–H groups in total. The minimum absolute atomic E-state index is 0.0376. The van der Waals surface area contributed by atoms with Crippen molar-refractivity contribution in [3.63, 3.8) is 0 Å². The molecule has 0 aromatic heterocycles. The third-order valence-corrected chi connectivity index (χ3v) is 5.65. The van der Waals surface area contributed by atoms with Crippen LogP contribution < -0.4 is 16.8 Å². The predicted octanol–water partition coefficient (Wildman–Crippen LogP) is -0.181. The summed E-state index contributed by atoms with van der Waals surface area (Å²) < 4.78 is 0. The van der Waals surface area contributed by atoms with Gasteiger partial charge in [-0.1, -0.05) is 0 Å². The Morgan fingerprint density at radius 2 is 1.50 bits per heavy atom. The second-order valence-electron chi connectivity index (χ2n) is 6.20. The number of nitrogens with two attached hydrogens (primary N) is 2. The predicted molar refractivity (Wildman–Crippen MR) is 97.6 cm³/mol. The molecule has 0 bridgehead atoms. The van der Waals surface area contributed by atoms with Crippen molar-refractivity contribution in [2.75, 3.05) is 17.3 Å². The van der Waals surface area contributed by atoms with Gasteiger partial charge in [-0.15, -0.1) is 0 Å². The Labute approximate surface area is 147 Å². The average Bonchev–Trinajstić information content (AvgIpc) is 2.46. The van der Waals surface area contributed by atoms with Crippen LogP contribution in [0.4, 0.5) is 0 Å². The molecule has 0 unspecified atom stereocenters. The number of amides is 2. The van der Waals surface area contributed by atoms with Gasteiger partial charge in [-0.05, 0) is 20.8 Å². The summed E-state index contributed by atoms with van der Waals surface area (Å²) in [4.78, 5) is 36.2. The first-order chi connectivity index (χ1) is 9.88. The summed E-state index contributed by atoms with van der Waals surface area (Å²) in [5.41, 5.74) is 7.58. The van der Waals surface area contributed by atoms with E-state index in [4.69, 9.17) is 11.5 Å². The molecule has 0 radical (unpaired) electrons. The lowest BCUT2D eigenvalue weighted by atomic mass is 9.80. The van der Waals surface area contributed by atoms with Crippen LogP contribution in [0.2, 0.25) is 0 Å². The van der Waals surface area contributed by atoms with Gasteiger partial charge in [0.2, 0.25) is 11.8 Å². The van der Waals surface area contributed by atoms with Crippen molar-refractivity contribution in [2.45, 2.75) is 38.3 Å². The molecule has 0 aliphatic carbocycles. The number of hydrogen-bond donors (Lipinski definition) is 6. The molecule has 128 valence electrons. The van der Waals surface area contributed by atoms with Crippen LogP contribution >= 0.6 is 37.9 Å². The van der Waals surface area contributed by atoms with Gasteiger partial charge in [0.15, 0.2) is 5.78 Å². The molecule has 0 aliphatic heterocycles. The van der Waals surface area contributed by atoms with E-state index in [1.54, 1.807) is 13.8 Å². The Hall–Kier alpha value is -0.380. The summed E-state index contributed by atoms with van der Waals surface area (Å²) in [6.45, 7) is 4.62. The highest BCUT2D eigenvalue weighted by Gasteiger charge is 2.42. The Morgan fingerprint density at radius 3 is 1.82 bits per heavy atom. The van der Waals surface area contributed by atoms with E-state index in [0.29, 0.717) is 0 Å². The van der Waals surface area contributed by atoms with E-state index in [1.807, 2.05) is 0 Å². The SMILES string of the molecule is C[C@@](CS)(CC(=O)[C@@](C)(N)CS)C(=O)N[C@@](C)(CS)C(N)=O. The highest BCUT2D eigenvalue weighted by Crippen LogP contribution is 2.27. The largest absolute Gasteiger partial charge is 0.368 e. The van der Waals surface area contributed by atoms with Crippen LogP contribution in [0.15, 0.2) is 0 Å². The second-order valence-corrected chi connectivity index (χ2v) is 7.15. The number of carbonyl (C=O) groups excluding carboxylic acids is 3. The van der Waals surface area contributed by atoms with E-state index in [2.05, 4.69) is 43.2 Å². The van der Waals surface area contributed by atoms with Crippen molar-refractivity contribution in [2.24, 2.45) is 16.9 Å².